The van der Waals surface area contributed by atoms with Gasteiger partial charge in [0.25, 0.3) is 0 Å². The van der Waals surface area contributed by atoms with Crippen LogP contribution in [-0.4, -0.2) is 26.5 Å². The van der Waals surface area contributed by atoms with Crippen molar-refractivity contribution in [2.24, 2.45) is 21.7 Å². The van der Waals surface area contributed by atoms with Gasteiger partial charge in [0.05, 0.1) is 17.6 Å². The summed E-state index contributed by atoms with van der Waals surface area (Å²) in [6, 6.07) is 5.59. The first-order valence-corrected chi connectivity index (χ1v) is 7.05. The van der Waals surface area contributed by atoms with Crippen molar-refractivity contribution in [3.63, 3.8) is 0 Å². The fourth-order valence-corrected chi connectivity index (χ4v) is 2.82. The zero-order valence-electron chi connectivity index (χ0n) is 10.6. The maximum atomic E-state index is 6.01. The number of nitrogens with zero attached hydrogens (tertiary/aromatic N) is 5. The van der Waals surface area contributed by atoms with Crippen molar-refractivity contribution in [2.45, 2.75) is 0 Å². The fourth-order valence-electron chi connectivity index (χ4n) is 1.80. The Morgan fingerprint density at radius 3 is 2.95 bits per heavy atom. The molecule has 4 N–H and O–H groups in total. The molecule has 21 heavy (non-hydrogen) atoms. The lowest BCUT2D eigenvalue weighted by molar-refractivity contribution is 1.18. The topological polar surface area (TPSA) is 107 Å². The first-order chi connectivity index (χ1) is 10.1. The van der Waals surface area contributed by atoms with Crippen molar-refractivity contribution in [2.75, 3.05) is 0 Å². The minimum absolute atomic E-state index is 0.116. The van der Waals surface area contributed by atoms with Crippen LogP contribution in [0, 0.1) is 0 Å². The van der Waals surface area contributed by atoms with Crippen LogP contribution < -0.4 is 11.5 Å². The Labute approximate surface area is 128 Å². The third-order valence-corrected chi connectivity index (χ3v) is 3.70. The quantitative estimate of drug-likeness (QED) is 0.435. The number of nitrogens with two attached hydrogens (primary N) is 2. The van der Waals surface area contributed by atoms with Crippen LogP contribution in [0.4, 0.5) is 0 Å². The number of imidazole rings is 1. The molecule has 3 heterocycles. The molecule has 0 unspecified atom stereocenters. The first kappa shape index (κ1) is 13.5. The first-order valence-electron chi connectivity index (χ1n) is 5.86. The lowest BCUT2D eigenvalue weighted by atomic mass is 10.2. The maximum absolute atomic E-state index is 6.01. The zero-order chi connectivity index (χ0) is 14.8. The van der Waals surface area contributed by atoms with Gasteiger partial charge in [0.1, 0.15) is 10.0 Å². The number of aromatic nitrogens is 3. The van der Waals surface area contributed by atoms with Crippen molar-refractivity contribution in [3.05, 3.63) is 40.6 Å². The molecule has 0 saturated heterocycles. The molecule has 0 aromatic carbocycles. The van der Waals surface area contributed by atoms with Crippen molar-refractivity contribution >= 4 is 40.1 Å². The molecule has 0 aliphatic rings. The lowest BCUT2D eigenvalue weighted by Gasteiger charge is -1.97. The van der Waals surface area contributed by atoms with Crippen molar-refractivity contribution in [1.29, 1.82) is 0 Å². The Balaban J connectivity index is 2.17. The van der Waals surface area contributed by atoms with Crippen LogP contribution in [0.2, 0.25) is 4.34 Å². The van der Waals surface area contributed by atoms with Gasteiger partial charge in [0, 0.05) is 12.4 Å². The van der Waals surface area contributed by atoms with E-state index >= 15 is 0 Å². The van der Waals surface area contributed by atoms with Crippen molar-refractivity contribution < 1.29 is 0 Å². The number of guanidine groups is 1. The summed E-state index contributed by atoms with van der Waals surface area (Å²) in [5, 5.41) is 7.44. The number of halogens is 1. The van der Waals surface area contributed by atoms with E-state index in [1.165, 1.54) is 17.6 Å². The van der Waals surface area contributed by atoms with Gasteiger partial charge in [-0.2, -0.15) is 5.10 Å². The smallest absolute Gasteiger partial charge is 0.211 e. The highest BCUT2D eigenvalue weighted by Crippen LogP contribution is 2.28. The van der Waals surface area contributed by atoms with Crippen LogP contribution in [0.25, 0.3) is 16.3 Å². The molecule has 7 nitrogen and oxygen atoms in total. The second-order valence-electron chi connectivity index (χ2n) is 4.02. The highest BCUT2D eigenvalue weighted by atomic mass is 35.5. The summed E-state index contributed by atoms with van der Waals surface area (Å²) in [5.74, 6) is -0.116. The number of thiazole rings is 1. The molecule has 0 aliphatic carbocycles. The van der Waals surface area contributed by atoms with Crippen molar-refractivity contribution in [1.82, 2.24) is 14.4 Å². The van der Waals surface area contributed by atoms with E-state index in [1.54, 1.807) is 12.4 Å². The third kappa shape index (κ3) is 2.71. The molecule has 106 valence electrons. The summed E-state index contributed by atoms with van der Waals surface area (Å²) >= 11 is 7.37. The largest absolute Gasteiger partial charge is 0.369 e. The predicted octanol–water partition coefficient (Wildman–Crippen LogP) is 1.72. The van der Waals surface area contributed by atoms with E-state index in [0.717, 1.165) is 10.7 Å². The molecule has 3 aromatic heterocycles. The molecular formula is C12H10ClN7S. The van der Waals surface area contributed by atoms with E-state index in [1.807, 2.05) is 22.6 Å². The summed E-state index contributed by atoms with van der Waals surface area (Å²) < 4.78 is 2.45. The molecular weight excluding hydrogens is 310 g/mol. The SMILES string of the molecule is NC(N)=N/N=C/c1c(-c2ccccn2)nc2sc(Cl)cn12. The zero-order valence-corrected chi connectivity index (χ0v) is 12.2. The van der Waals surface area contributed by atoms with Crippen LogP contribution in [-0.2, 0) is 0 Å². The summed E-state index contributed by atoms with van der Waals surface area (Å²) in [5.41, 5.74) is 12.6. The lowest BCUT2D eigenvalue weighted by Crippen LogP contribution is -2.21. The molecule has 3 aromatic rings. The van der Waals surface area contributed by atoms with Crippen molar-refractivity contribution in [3.8, 4) is 11.4 Å². The molecule has 0 radical (unpaired) electrons. The number of pyridine rings is 1. The van der Waals surface area contributed by atoms with Gasteiger partial charge in [-0.3, -0.25) is 9.38 Å². The number of rotatable bonds is 3. The van der Waals surface area contributed by atoms with Gasteiger partial charge < -0.3 is 11.5 Å². The highest BCUT2D eigenvalue weighted by Gasteiger charge is 2.15. The van der Waals surface area contributed by atoms with Gasteiger partial charge in [-0.25, -0.2) is 4.98 Å². The molecule has 3 rings (SSSR count). The molecule has 0 amide bonds. The van der Waals surface area contributed by atoms with Gasteiger partial charge in [0.2, 0.25) is 5.96 Å². The Bertz CT molecular complexity index is 830. The van der Waals surface area contributed by atoms with Crippen LogP contribution in [0.3, 0.4) is 0 Å². The second kappa shape index (κ2) is 5.51. The van der Waals surface area contributed by atoms with Gasteiger partial charge in [-0.1, -0.05) is 29.0 Å². The molecule has 0 atom stereocenters. The molecule has 0 spiro atoms. The van der Waals surface area contributed by atoms with Gasteiger partial charge in [-0.15, -0.1) is 5.10 Å². The number of hydrogen-bond donors (Lipinski definition) is 2. The Morgan fingerprint density at radius 2 is 2.24 bits per heavy atom. The maximum Gasteiger partial charge on any atom is 0.211 e. The van der Waals surface area contributed by atoms with E-state index in [0.29, 0.717) is 15.7 Å². The second-order valence-corrected chi connectivity index (χ2v) is 5.66. The molecule has 0 saturated carbocycles. The summed E-state index contributed by atoms with van der Waals surface area (Å²) in [7, 11) is 0. The number of hydrogen-bond acceptors (Lipinski definition) is 5. The van der Waals surface area contributed by atoms with E-state index in [-0.39, 0.29) is 5.96 Å². The predicted molar refractivity (Wildman–Crippen MR) is 84.7 cm³/mol. The van der Waals surface area contributed by atoms with E-state index in [4.69, 9.17) is 23.1 Å². The summed E-state index contributed by atoms with van der Waals surface area (Å²) in [4.78, 5) is 9.58. The Kier molecular flexibility index (Phi) is 3.55. The average molecular weight is 320 g/mol. The van der Waals surface area contributed by atoms with Crippen LogP contribution in [0.1, 0.15) is 5.69 Å². The highest BCUT2D eigenvalue weighted by molar-refractivity contribution is 7.20. The minimum atomic E-state index is -0.116. The van der Waals surface area contributed by atoms with Gasteiger partial charge in [0.15, 0.2) is 4.96 Å². The van der Waals surface area contributed by atoms with Gasteiger partial charge in [-0.05, 0) is 12.1 Å². The number of fused-ring (bicyclic) bond motifs is 1. The van der Waals surface area contributed by atoms with E-state index in [2.05, 4.69) is 20.2 Å². The Hall–Kier alpha value is -2.45. The monoisotopic (exact) mass is 319 g/mol. The normalized spacial score (nSPS) is 11.3. The summed E-state index contributed by atoms with van der Waals surface area (Å²) in [6.07, 6.45) is 4.98. The van der Waals surface area contributed by atoms with E-state index in [9.17, 15) is 0 Å². The summed E-state index contributed by atoms with van der Waals surface area (Å²) in [6.45, 7) is 0. The molecule has 0 bridgehead atoms. The Morgan fingerprint density at radius 1 is 1.38 bits per heavy atom. The fraction of sp³-hybridized carbons (Fsp3) is 0. The van der Waals surface area contributed by atoms with Crippen LogP contribution in [0.15, 0.2) is 40.8 Å². The standard InChI is InChI=1S/C12H10ClN7S/c13-9-6-20-8(5-17-19-11(14)15)10(18-12(20)21-9)7-3-1-2-4-16-7/h1-6H,(H4,14,15,19)/b17-5+. The van der Waals surface area contributed by atoms with E-state index < -0.39 is 0 Å². The average Bonchev–Trinajstić information content (AvgIpc) is 2.97. The third-order valence-electron chi connectivity index (χ3n) is 2.60. The van der Waals surface area contributed by atoms with Gasteiger partial charge >= 0.3 is 0 Å². The molecule has 0 aliphatic heterocycles. The van der Waals surface area contributed by atoms with Crippen LogP contribution >= 0.6 is 22.9 Å². The molecule has 9 heteroatoms. The molecule has 0 fully saturated rings. The van der Waals surface area contributed by atoms with Crippen LogP contribution in [0.5, 0.6) is 0 Å². The minimum Gasteiger partial charge on any atom is -0.369 e.